The van der Waals surface area contributed by atoms with Crippen molar-refractivity contribution in [2.75, 3.05) is 0 Å². The maximum absolute atomic E-state index is 2.44. The molecule has 1 saturated carbocycles. The fourth-order valence-corrected chi connectivity index (χ4v) is 1.70. The van der Waals surface area contributed by atoms with Crippen LogP contribution in [-0.4, -0.2) is 0 Å². The molecular formula is C10H14. The zero-order valence-corrected chi connectivity index (χ0v) is 6.72. The van der Waals surface area contributed by atoms with Crippen molar-refractivity contribution in [3.63, 3.8) is 0 Å². The summed E-state index contributed by atoms with van der Waals surface area (Å²) in [5.41, 5.74) is 2.10. The molecule has 0 aliphatic heterocycles. The van der Waals surface area contributed by atoms with Gasteiger partial charge in [-0.1, -0.05) is 37.6 Å². The normalized spacial score (nSPS) is 42.6. The van der Waals surface area contributed by atoms with Gasteiger partial charge in [0.05, 0.1) is 0 Å². The largest absolute Gasteiger partial charge is 0.0777 e. The molecule has 1 fully saturated rings. The third-order valence-corrected chi connectivity index (χ3v) is 2.85. The van der Waals surface area contributed by atoms with E-state index in [1.165, 1.54) is 18.4 Å². The summed E-state index contributed by atoms with van der Waals surface area (Å²) in [6.07, 6.45) is 9.70. The quantitative estimate of drug-likeness (QED) is 0.517. The molecule has 0 heteroatoms. The first kappa shape index (κ1) is 6.21. The smallest absolute Gasteiger partial charge is 0.00741 e. The van der Waals surface area contributed by atoms with Crippen molar-refractivity contribution in [1.29, 1.82) is 0 Å². The summed E-state index contributed by atoms with van der Waals surface area (Å²) in [5, 5.41) is 0. The molecule has 2 rings (SSSR count). The highest BCUT2D eigenvalue weighted by molar-refractivity contribution is 5.34. The van der Waals surface area contributed by atoms with E-state index in [1.54, 1.807) is 0 Å². The Labute approximate surface area is 62.6 Å². The third-order valence-electron chi connectivity index (χ3n) is 2.85. The van der Waals surface area contributed by atoms with Crippen LogP contribution in [0.3, 0.4) is 0 Å². The first-order valence-electron chi connectivity index (χ1n) is 4.14. The van der Waals surface area contributed by atoms with Gasteiger partial charge in [-0.25, -0.2) is 0 Å². The minimum Gasteiger partial charge on any atom is -0.0777 e. The standard InChI is InChI=1S/C10H14/c1-3-8-4-5-10(2)7-9(10)6-8/h4-6,9H,3,7H2,1-2H3. The highest BCUT2D eigenvalue weighted by Gasteiger charge is 2.47. The second-order valence-electron chi connectivity index (χ2n) is 3.74. The molecule has 0 heterocycles. The van der Waals surface area contributed by atoms with Crippen LogP contribution in [0.15, 0.2) is 23.8 Å². The molecule has 2 unspecified atom stereocenters. The molecule has 0 radical (unpaired) electrons. The molecule has 0 aromatic heterocycles. The number of fused-ring (bicyclic) bond motifs is 1. The van der Waals surface area contributed by atoms with Crippen LogP contribution in [-0.2, 0) is 0 Å². The fourth-order valence-electron chi connectivity index (χ4n) is 1.70. The fraction of sp³-hybridized carbons (Fsp3) is 0.600. The molecule has 2 aliphatic rings. The molecule has 2 aliphatic carbocycles. The highest BCUT2D eigenvalue weighted by Crippen LogP contribution is 2.56. The van der Waals surface area contributed by atoms with E-state index in [0.717, 1.165) is 5.92 Å². The van der Waals surface area contributed by atoms with E-state index in [4.69, 9.17) is 0 Å². The molecule has 10 heavy (non-hydrogen) atoms. The summed E-state index contributed by atoms with van der Waals surface area (Å²) in [6.45, 7) is 4.57. The lowest BCUT2D eigenvalue weighted by Crippen LogP contribution is -1.96. The van der Waals surface area contributed by atoms with Gasteiger partial charge in [-0.15, -0.1) is 0 Å². The van der Waals surface area contributed by atoms with Crippen molar-refractivity contribution in [2.24, 2.45) is 11.3 Å². The van der Waals surface area contributed by atoms with E-state index in [9.17, 15) is 0 Å². The molecule has 0 saturated heterocycles. The molecular weight excluding hydrogens is 120 g/mol. The van der Waals surface area contributed by atoms with E-state index in [1.807, 2.05) is 0 Å². The van der Waals surface area contributed by atoms with Crippen LogP contribution in [0.1, 0.15) is 26.7 Å². The van der Waals surface area contributed by atoms with Gasteiger partial charge >= 0.3 is 0 Å². The summed E-state index contributed by atoms with van der Waals surface area (Å²) >= 11 is 0. The highest BCUT2D eigenvalue weighted by atomic mass is 14.5. The number of hydrogen-bond donors (Lipinski definition) is 0. The van der Waals surface area contributed by atoms with Crippen LogP contribution in [0.4, 0.5) is 0 Å². The summed E-state index contributed by atoms with van der Waals surface area (Å²) in [6, 6.07) is 0. The van der Waals surface area contributed by atoms with E-state index in [2.05, 4.69) is 32.1 Å². The van der Waals surface area contributed by atoms with Crippen molar-refractivity contribution >= 4 is 0 Å². The van der Waals surface area contributed by atoms with E-state index < -0.39 is 0 Å². The zero-order valence-electron chi connectivity index (χ0n) is 6.72. The van der Waals surface area contributed by atoms with Gasteiger partial charge in [0.25, 0.3) is 0 Å². The maximum Gasteiger partial charge on any atom is -0.00741 e. The Hall–Kier alpha value is -0.520. The lowest BCUT2D eigenvalue weighted by Gasteiger charge is -2.08. The number of rotatable bonds is 1. The van der Waals surface area contributed by atoms with Crippen molar-refractivity contribution < 1.29 is 0 Å². The summed E-state index contributed by atoms with van der Waals surface area (Å²) < 4.78 is 0. The predicted octanol–water partition coefficient (Wildman–Crippen LogP) is 2.92. The minimum atomic E-state index is 0.568. The molecule has 0 spiro atoms. The predicted molar refractivity (Wildman–Crippen MR) is 43.7 cm³/mol. The minimum absolute atomic E-state index is 0.568. The first-order chi connectivity index (χ1) is 4.74. The Kier molecular flexibility index (Phi) is 1.08. The Morgan fingerprint density at radius 3 is 3.10 bits per heavy atom. The van der Waals surface area contributed by atoms with Crippen molar-refractivity contribution in [3.8, 4) is 0 Å². The SMILES string of the molecule is CCC1=CC2CC2(C)C=C1. The Bertz CT molecular complexity index is 210. The molecule has 0 N–H and O–H groups in total. The molecule has 54 valence electrons. The molecule has 0 nitrogen and oxygen atoms in total. The molecule has 0 aromatic carbocycles. The third kappa shape index (κ3) is 0.749. The molecule has 2 atom stereocenters. The average Bonchev–Trinajstić information content (AvgIpc) is 2.59. The lowest BCUT2D eigenvalue weighted by molar-refractivity contribution is 0.683. The van der Waals surface area contributed by atoms with Gasteiger partial charge in [0.15, 0.2) is 0 Å². The van der Waals surface area contributed by atoms with Crippen LogP contribution in [0.25, 0.3) is 0 Å². The summed E-state index contributed by atoms with van der Waals surface area (Å²) in [4.78, 5) is 0. The molecule has 0 aromatic rings. The van der Waals surface area contributed by atoms with Gasteiger partial charge in [0.2, 0.25) is 0 Å². The summed E-state index contributed by atoms with van der Waals surface area (Å²) in [5.74, 6) is 0.882. The van der Waals surface area contributed by atoms with E-state index >= 15 is 0 Å². The van der Waals surface area contributed by atoms with Gasteiger partial charge in [0.1, 0.15) is 0 Å². The maximum atomic E-state index is 2.44. The van der Waals surface area contributed by atoms with Gasteiger partial charge in [0, 0.05) is 0 Å². The van der Waals surface area contributed by atoms with Crippen LogP contribution in [0.5, 0.6) is 0 Å². The summed E-state index contributed by atoms with van der Waals surface area (Å²) in [7, 11) is 0. The van der Waals surface area contributed by atoms with Crippen LogP contribution in [0, 0.1) is 11.3 Å². The van der Waals surface area contributed by atoms with Crippen molar-refractivity contribution in [1.82, 2.24) is 0 Å². The average molecular weight is 134 g/mol. The van der Waals surface area contributed by atoms with Gasteiger partial charge in [-0.05, 0) is 24.2 Å². The van der Waals surface area contributed by atoms with E-state index in [0.29, 0.717) is 5.41 Å². The van der Waals surface area contributed by atoms with Gasteiger partial charge in [-0.3, -0.25) is 0 Å². The van der Waals surface area contributed by atoms with Crippen molar-refractivity contribution in [2.45, 2.75) is 26.7 Å². The lowest BCUT2D eigenvalue weighted by atomic mass is 9.97. The van der Waals surface area contributed by atoms with Gasteiger partial charge in [-0.2, -0.15) is 0 Å². The van der Waals surface area contributed by atoms with Crippen LogP contribution >= 0.6 is 0 Å². The van der Waals surface area contributed by atoms with Crippen LogP contribution < -0.4 is 0 Å². The Balaban J connectivity index is 2.20. The molecule has 0 amide bonds. The first-order valence-corrected chi connectivity index (χ1v) is 4.14. The van der Waals surface area contributed by atoms with Crippen LogP contribution in [0.2, 0.25) is 0 Å². The number of allylic oxidation sites excluding steroid dienone is 4. The zero-order chi connectivity index (χ0) is 7.19. The molecule has 0 bridgehead atoms. The van der Waals surface area contributed by atoms with E-state index in [-0.39, 0.29) is 0 Å². The van der Waals surface area contributed by atoms with Crippen molar-refractivity contribution in [3.05, 3.63) is 23.8 Å². The Morgan fingerprint density at radius 2 is 2.50 bits per heavy atom. The monoisotopic (exact) mass is 134 g/mol. The Morgan fingerprint density at radius 1 is 1.70 bits per heavy atom. The second-order valence-corrected chi connectivity index (χ2v) is 3.74. The van der Waals surface area contributed by atoms with Gasteiger partial charge < -0.3 is 0 Å². The topological polar surface area (TPSA) is 0 Å². The second kappa shape index (κ2) is 1.75. The number of hydrogen-bond acceptors (Lipinski definition) is 0.